The lowest BCUT2D eigenvalue weighted by molar-refractivity contribution is -0.137. The largest absolute Gasteiger partial charge is 0.506 e. The van der Waals surface area contributed by atoms with Crippen LogP contribution in [0.5, 0.6) is 5.75 Å². The normalized spacial score (nSPS) is 12.4. The van der Waals surface area contributed by atoms with Crippen LogP contribution in [0.25, 0.3) is 0 Å². The molecule has 0 aliphatic heterocycles. The van der Waals surface area contributed by atoms with Crippen LogP contribution in [-0.4, -0.2) is 16.2 Å². The van der Waals surface area contributed by atoms with Gasteiger partial charge in [0.1, 0.15) is 5.75 Å². The van der Waals surface area contributed by atoms with Crippen LogP contribution in [0.1, 0.15) is 30.0 Å². The molecule has 0 bridgehead atoms. The second kappa shape index (κ2) is 5.32. The summed E-state index contributed by atoms with van der Waals surface area (Å²) in [6.45, 7) is 1.84. The van der Waals surface area contributed by atoms with Gasteiger partial charge in [0, 0.05) is 18.0 Å². The second-order valence-electron chi connectivity index (χ2n) is 3.67. The molecule has 1 aromatic carbocycles. The van der Waals surface area contributed by atoms with Crippen LogP contribution >= 0.6 is 15.9 Å². The fourth-order valence-corrected chi connectivity index (χ4v) is 1.92. The maximum atomic E-state index is 10.4. The molecule has 1 atom stereocenters. The minimum atomic E-state index is -0.886. The van der Waals surface area contributed by atoms with Crippen molar-refractivity contribution in [2.24, 2.45) is 5.73 Å². The summed E-state index contributed by atoms with van der Waals surface area (Å²) in [7, 11) is 0. The first-order valence-corrected chi connectivity index (χ1v) is 5.68. The van der Waals surface area contributed by atoms with E-state index in [1.165, 1.54) is 0 Å². The molecule has 0 aromatic heterocycles. The molecule has 0 amide bonds. The molecule has 88 valence electrons. The van der Waals surface area contributed by atoms with Crippen molar-refractivity contribution in [2.75, 3.05) is 0 Å². The van der Waals surface area contributed by atoms with Crippen LogP contribution in [0.15, 0.2) is 16.6 Å². The SMILES string of the molecule is Cc1ccc(Br)c(O)c1C(N)CCC(=O)O. The summed E-state index contributed by atoms with van der Waals surface area (Å²) in [6, 6.07) is 3.10. The molecule has 1 rings (SSSR count). The van der Waals surface area contributed by atoms with E-state index in [0.29, 0.717) is 16.5 Å². The van der Waals surface area contributed by atoms with E-state index in [-0.39, 0.29) is 12.2 Å². The summed E-state index contributed by atoms with van der Waals surface area (Å²) in [6.07, 6.45) is 0.298. The van der Waals surface area contributed by atoms with Gasteiger partial charge in [-0.25, -0.2) is 0 Å². The molecule has 0 heterocycles. The van der Waals surface area contributed by atoms with Crippen molar-refractivity contribution in [3.8, 4) is 5.75 Å². The van der Waals surface area contributed by atoms with Gasteiger partial charge in [0.25, 0.3) is 0 Å². The number of hydrogen-bond donors (Lipinski definition) is 3. The maximum absolute atomic E-state index is 10.4. The molecule has 0 saturated carbocycles. The summed E-state index contributed by atoms with van der Waals surface area (Å²) >= 11 is 3.21. The van der Waals surface area contributed by atoms with E-state index in [9.17, 15) is 9.90 Å². The van der Waals surface area contributed by atoms with E-state index < -0.39 is 12.0 Å². The second-order valence-corrected chi connectivity index (χ2v) is 4.52. The van der Waals surface area contributed by atoms with Crippen LogP contribution in [0.3, 0.4) is 0 Å². The highest BCUT2D eigenvalue weighted by Crippen LogP contribution is 2.34. The van der Waals surface area contributed by atoms with Gasteiger partial charge in [-0.15, -0.1) is 0 Å². The first kappa shape index (κ1) is 13.0. The third-order valence-electron chi connectivity index (χ3n) is 2.43. The fourth-order valence-electron chi connectivity index (χ4n) is 1.57. The Morgan fingerprint density at radius 3 is 2.75 bits per heavy atom. The summed E-state index contributed by atoms with van der Waals surface area (Å²) in [5.74, 6) is -0.791. The molecule has 1 aromatic rings. The summed E-state index contributed by atoms with van der Waals surface area (Å²) in [5.41, 5.74) is 7.34. The topological polar surface area (TPSA) is 83.5 Å². The number of carboxylic acids is 1. The Hall–Kier alpha value is -1.07. The number of phenolic OH excluding ortho intramolecular Hbond substituents is 1. The average Bonchev–Trinajstić information content (AvgIpc) is 2.21. The van der Waals surface area contributed by atoms with Crippen LogP contribution < -0.4 is 5.73 Å². The van der Waals surface area contributed by atoms with Gasteiger partial charge in [-0.3, -0.25) is 4.79 Å². The van der Waals surface area contributed by atoms with Crippen LogP contribution in [0.4, 0.5) is 0 Å². The molecule has 0 aliphatic carbocycles. The van der Waals surface area contributed by atoms with Gasteiger partial charge in [0.2, 0.25) is 0 Å². The van der Waals surface area contributed by atoms with Crippen molar-refractivity contribution in [2.45, 2.75) is 25.8 Å². The minimum absolute atomic E-state index is 0.00738. The fraction of sp³-hybridized carbons (Fsp3) is 0.364. The number of benzene rings is 1. The van der Waals surface area contributed by atoms with E-state index in [1.807, 2.05) is 13.0 Å². The van der Waals surface area contributed by atoms with Gasteiger partial charge in [0.05, 0.1) is 4.47 Å². The van der Waals surface area contributed by atoms with Gasteiger partial charge in [-0.05, 0) is 40.9 Å². The Morgan fingerprint density at radius 2 is 2.19 bits per heavy atom. The number of aryl methyl sites for hydroxylation is 1. The zero-order valence-electron chi connectivity index (χ0n) is 8.90. The highest BCUT2D eigenvalue weighted by molar-refractivity contribution is 9.10. The Balaban J connectivity index is 2.94. The van der Waals surface area contributed by atoms with Crippen LogP contribution in [-0.2, 0) is 4.79 Å². The lowest BCUT2D eigenvalue weighted by Crippen LogP contribution is -2.14. The monoisotopic (exact) mass is 287 g/mol. The Morgan fingerprint density at radius 1 is 1.56 bits per heavy atom. The summed E-state index contributed by atoms with van der Waals surface area (Å²) in [4.78, 5) is 10.4. The Labute approximate surface area is 102 Å². The molecule has 4 N–H and O–H groups in total. The quantitative estimate of drug-likeness (QED) is 0.794. The van der Waals surface area contributed by atoms with Crippen molar-refractivity contribution in [1.29, 1.82) is 0 Å². The number of halogens is 1. The van der Waals surface area contributed by atoms with Crippen molar-refractivity contribution < 1.29 is 15.0 Å². The highest BCUT2D eigenvalue weighted by Gasteiger charge is 2.16. The average molecular weight is 288 g/mol. The van der Waals surface area contributed by atoms with Crippen LogP contribution in [0, 0.1) is 6.92 Å². The van der Waals surface area contributed by atoms with E-state index in [0.717, 1.165) is 5.56 Å². The van der Waals surface area contributed by atoms with Gasteiger partial charge < -0.3 is 15.9 Å². The third kappa shape index (κ3) is 2.96. The molecular weight excluding hydrogens is 274 g/mol. The maximum Gasteiger partial charge on any atom is 0.303 e. The lowest BCUT2D eigenvalue weighted by atomic mass is 9.97. The van der Waals surface area contributed by atoms with Crippen molar-refractivity contribution >= 4 is 21.9 Å². The Bertz CT molecular complexity index is 406. The number of aliphatic carboxylic acids is 1. The number of nitrogens with two attached hydrogens (primary N) is 1. The number of hydrogen-bond acceptors (Lipinski definition) is 3. The number of carboxylic acid groups (broad SMARTS) is 1. The molecule has 0 radical (unpaired) electrons. The zero-order valence-corrected chi connectivity index (χ0v) is 10.5. The predicted octanol–water partition coefficient (Wildman–Crippen LogP) is 2.33. The van der Waals surface area contributed by atoms with Gasteiger partial charge in [0.15, 0.2) is 0 Å². The molecule has 5 heteroatoms. The molecule has 1 unspecified atom stereocenters. The van der Waals surface area contributed by atoms with E-state index in [1.54, 1.807) is 6.07 Å². The van der Waals surface area contributed by atoms with E-state index in [2.05, 4.69) is 15.9 Å². The number of rotatable bonds is 4. The van der Waals surface area contributed by atoms with Crippen molar-refractivity contribution in [1.82, 2.24) is 0 Å². The molecule has 0 aliphatic rings. The number of aromatic hydroxyl groups is 1. The first-order valence-electron chi connectivity index (χ1n) is 4.88. The van der Waals surface area contributed by atoms with Gasteiger partial charge in [-0.2, -0.15) is 0 Å². The molecule has 0 saturated heterocycles. The van der Waals surface area contributed by atoms with Gasteiger partial charge in [-0.1, -0.05) is 6.07 Å². The van der Waals surface area contributed by atoms with E-state index >= 15 is 0 Å². The van der Waals surface area contributed by atoms with Gasteiger partial charge >= 0.3 is 5.97 Å². The zero-order chi connectivity index (χ0) is 12.3. The molecular formula is C11H14BrNO3. The molecule has 4 nitrogen and oxygen atoms in total. The first-order chi connectivity index (χ1) is 7.43. The third-order valence-corrected chi connectivity index (χ3v) is 3.07. The lowest BCUT2D eigenvalue weighted by Gasteiger charge is -2.16. The standard InChI is InChI=1S/C11H14BrNO3/c1-6-2-3-7(12)11(16)10(6)8(13)4-5-9(14)15/h2-3,8,16H,4-5,13H2,1H3,(H,14,15). The highest BCUT2D eigenvalue weighted by atomic mass is 79.9. The molecule has 0 fully saturated rings. The molecule has 16 heavy (non-hydrogen) atoms. The van der Waals surface area contributed by atoms with Crippen molar-refractivity contribution in [3.63, 3.8) is 0 Å². The number of phenols is 1. The summed E-state index contributed by atoms with van der Waals surface area (Å²) in [5, 5.41) is 18.4. The smallest absolute Gasteiger partial charge is 0.303 e. The number of carbonyl (C=O) groups is 1. The van der Waals surface area contributed by atoms with Crippen molar-refractivity contribution in [3.05, 3.63) is 27.7 Å². The van der Waals surface area contributed by atoms with E-state index in [4.69, 9.17) is 10.8 Å². The Kier molecular flexibility index (Phi) is 4.32. The van der Waals surface area contributed by atoms with Crippen LogP contribution in [0.2, 0.25) is 0 Å². The predicted molar refractivity (Wildman–Crippen MR) is 64.3 cm³/mol. The minimum Gasteiger partial charge on any atom is -0.506 e. The molecule has 0 spiro atoms. The summed E-state index contributed by atoms with van der Waals surface area (Å²) < 4.78 is 0.568.